The summed E-state index contributed by atoms with van der Waals surface area (Å²) in [6.45, 7) is 0.215. The quantitative estimate of drug-likeness (QED) is 0.180. The monoisotopic (exact) mass is 437 g/mol. The lowest BCUT2D eigenvalue weighted by Crippen LogP contribution is -2.54. The van der Waals surface area contributed by atoms with E-state index in [-0.39, 0.29) is 31.2 Å². The smallest absolute Gasteiger partial charge is 0.326 e. The first kappa shape index (κ1) is 23.8. The van der Waals surface area contributed by atoms with E-state index in [4.69, 9.17) is 10.8 Å². The number of aromatic amines is 1. The third-order valence-corrected chi connectivity index (χ3v) is 4.72. The molecule has 0 saturated carbocycles. The normalized spacial score (nSPS) is 17.4. The number of aromatic nitrogens is 2. The highest BCUT2D eigenvalue weighted by Gasteiger charge is 2.28. The van der Waals surface area contributed by atoms with Crippen molar-refractivity contribution in [1.29, 1.82) is 0 Å². The van der Waals surface area contributed by atoms with Gasteiger partial charge in [0.1, 0.15) is 12.1 Å². The molecule has 1 aliphatic heterocycles. The Kier molecular flexibility index (Phi) is 8.94. The van der Waals surface area contributed by atoms with Crippen molar-refractivity contribution in [3.8, 4) is 0 Å². The summed E-state index contributed by atoms with van der Waals surface area (Å²) < 4.78 is 0. The highest BCUT2D eigenvalue weighted by atomic mass is 16.4. The first-order chi connectivity index (χ1) is 14.8. The van der Waals surface area contributed by atoms with E-state index in [1.807, 2.05) is 0 Å². The fourth-order valence-electron chi connectivity index (χ4n) is 3.09. The van der Waals surface area contributed by atoms with Crippen LogP contribution in [0.3, 0.4) is 0 Å². The molecule has 3 unspecified atom stereocenters. The number of imidazole rings is 1. The number of hydrogen-bond acceptors (Lipinski definition) is 7. The third-order valence-electron chi connectivity index (χ3n) is 4.72. The summed E-state index contributed by atoms with van der Waals surface area (Å²) >= 11 is 0. The highest BCUT2D eigenvalue weighted by molar-refractivity contribution is 5.93. The van der Waals surface area contributed by atoms with Gasteiger partial charge in [-0.3, -0.25) is 19.2 Å². The lowest BCUT2D eigenvalue weighted by Gasteiger charge is -2.20. The Morgan fingerprint density at radius 1 is 1.23 bits per heavy atom. The molecular weight excluding hydrogens is 410 g/mol. The first-order valence-corrected chi connectivity index (χ1v) is 9.85. The lowest BCUT2D eigenvalue weighted by molar-refractivity contribution is -0.142. The topological polar surface area (TPSA) is 208 Å². The summed E-state index contributed by atoms with van der Waals surface area (Å²) in [4.78, 5) is 65.9. The van der Waals surface area contributed by atoms with Crippen molar-refractivity contribution < 1.29 is 29.1 Å². The van der Waals surface area contributed by atoms with Crippen LogP contribution >= 0.6 is 0 Å². The van der Waals surface area contributed by atoms with E-state index >= 15 is 0 Å². The largest absolute Gasteiger partial charge is 0.480 e. The highest BCUT2D eigenvalue weighted by Crippen LogP contribution is 2.06. The van der Waals surface area contributed by atoms with E-state index in [0.717, 1.165) is 13.0 Å². The van der Waals surface area contributed by atoms with Gasteiger partial charge in [-0.1, -0.05) is 0 Å². The number of rotatable bonds is 12. The van der Waals surface area contributed by atoms with Crippen LogP contribution in [-0.4, -0.2) is 75.9 Å². The molecule has 1 saturated heterocycles. The Balaban J connectivity index is 1.91. The second-order valence-electron chi connectivity index (χ2n) is 7.17. The van der Waals surface area contributed by atoms with Crippen LogP contribution < -0.4 is 27.0 Å². The zero-order valence-electron chi connectivity index (χ0n) is 16.8. The van der Waals surface area contributed by atoms with Crippen LogP contribution in [0.4, 0.5) is 0 Å². The lowest BCUT2D eigenvalue weighted by atomic mass is 10.1. The molecule has 13 nitrogen and oxygen atoms in total. The SMILES string of the molecule is NC(=O)CCC(NC(=O)CNC(=O)C(Cc1cnc[nH]1)NC(=O)C1CCCN1)C(=O)O. The average Bonchev–Trinajstić information content (AvgIpc) is 3.42. The van der Waals surface area contributed by atoms with Gasteiger partial charge in [0.25, 0.3) is 0 Å². The van der Waals surface area contributed by atoms with E-state index in [0.29, 0.717) is 12.1 Å². The van der Waals surface area contributed by atoms with Gasteiger partial charge in [0, 0.05) is 24.7 Å². The van der Waals surface area contributed by atoms with Gasteiger partial charge in [-0.05, 0) is 25.8 Å². The average molecular weight is 437 g/mol. The van der Waals surface area contributed by atoms with Crippen LogP contribution in [0.15, 0.2) is 12.5 Å². The van der Waals surface area contributed by atoms with E-state index < -0.39 is 42.3 Å². The van der Waals surface area contributed by atoms with Crippen molar-refractivity contribution in [3.05, 3.63) is 18.2 Å². The number of primary amides is 1. The van der Waals surface area contributed by atoms with Gasteiger partial charge in [-0.15, -0.1) is 0 Å². The van der Waals surface area contributed by atoms with Crippen LogP contribution in [0.5, 0.6) is 0 Å². The number of hydrogen-bond donors (Lipinski definition) is 7. The van der Waals surface area contributed by atoms with Gasteiger partial charge in [0.05, 0.1) is 18.9 Å². The molecule has 0 aliphatic carbocycles. The Morgan fingerprint density at radius 2 is 2.00 bits per heavy atom. The van der Waals surface area contributed by atoms with Crippen molar-refractivity contribution in [2.24, 2.45) is 5.73 Å². The maximum absolute atomic E-state index is 12.6. The number of aliphatic carboxylic acids is 1. The fourth-order valence-corrected chi connectivity index (χ4v) is 3.09. The van der Waals surface area contributed by atoms with Crippen LogP contribution in [0.2, 0.25) is 0 Å². The zero-order valence-corrected chi connectivity index (χ0v) is 16.8. The van der Waals surface area contributed by atoms with Crippen molar-refractivity contribution in [2.75, 3.05) is 13.1 Å². The predicted molar refractivity (Wildman–Crippen MR) is 106 cm³/mol. The number of carboxylic acids is 1. The Morgan fingerprint density at radius 3 is 2.58 bits per heavy atom. The van der Waals surface area contributed by atoms with Crippen LogP contribution in [0.25, 0.3) is 0 Å². The molecule has 3 atom stereocenters. The molecule has 2 rings (SSSR count). The number of nitrogens with one attached hydrogen (secondary N) is 5. The summed E-state index contributed by atoms with van der Waals surface area (Å²) in [7, 11) is 0. The second-order valence-corrected chi connectivity index (χ2v) is 7.17. The van der Waals surface area contributed by atoms with E-state index in [1.54, 1.807) is 0 Å². The molecule has 0 spiro atoms. The third kappa shape index (κ3) is 8.04. The van der Waals surface area contributed by atoms with Gasteiger partial charge in [0.2, 0.25) is 23.6 Å². The van der Waals surface area contributed by atoms with Crippen molar-refractivity contribution >= 4 is 29.6 Å². The maximum atomic E-state index is 12.6. The molecule has 0 bridgehead atoms. The Bertz CT molecular complexity index is 791. The molecule has 0 radical (unpaired) electrons. The molecular formula is C18H27N7O6. The molecule has 4 amide bonds. The second kappa shape index (κ2) is 11.6. The van der Waals surface area contributed by atoms with E-state index in [9.17, 15) is 24.0 Å². The minimum atomic E-state index is -1.32. The van der Waals surface area contributed by atoms with Gasteiger partial charge in [0.15, 0.2) is 0 Å². The van der Waals surface area contributed by atoms with Gasteiger partial charge in [-0.25, -0.2) is 9.78 Å². The van der Waals surface area contributed by atoms with E-state index in [1.165, 1.54) is 12.5 Å². The molecule has 8 N–H and O–H groups in total. The number of nitrogens with two attached hydrogens (primary N) is 1. The number of H-pyrrole nitrogens is 1. The molecule has 1 aromatic rings. The van der Waals surface area contributed by atoms with Crippen molar-refractivity contribution in [2.45, 2.75) is 50.2 Å². The number of amides is 4. The number of nitrogens with zero attached hydrogens (tertiary/aromatic N) is 1. The summed E-state index contributed by atoms with van der Waals surface area (Å²) in [6, 6.07) is -2.67. The standard InChI is InChI=1S/C18H27N7O6/c19-14(26)4-3-12(18(30)31)24-15(27)8-22-16(28)13(6-10-7-20-9-23-10)25-17(29)11-2-1-5-21-11/h7,9,11-13,21H,1-6,8H2,(H2,19,26)(H,20,23)(H,22,28)(H,24,27)(H,25,29)(H,30,31). The minimum absolute atomic E-state index is 0.127. The number of carboxylic acid groups (broad SMARTS) is 1. The molecule has 0 aromatic carbocycles. The van der Waals surface area contributed by atoms with Crippen LogP contribution in [0.1, 0.15) is 31.4 Å². The maximum Gasteiger partial charge on any atom is 0.326 e. The summed E-state index contributed by atoms with van der Waals surface area (Å²) in [6.07, 6.45) is 4.22. The molecule has 1 aromatic heterocycles. The Hall–Kier alpha value is -3.48. The fraction of sp³-hybridized carbons (Fsp3) is 0.556. The van der Waals surface area contributed by atoms with Gasteiger partial charge < -0.3 is 37.1 Å². The molecule has 1 fully saturated rings. The first-order valence-electron chi connectivity index (χ1n) is 9.85. The van der Waals surface area contributed by atoms with E-state index in [2.05, 4.69) is 31.2 Å². The summed E-state index contributed by atoms with van der Waals surface area (Å²) in [5.74, 6) is -3.70. The number of carbonyl (C=O) groups is 5. The molecule has 31 heavy (non-hydrogen) atoms. The zero-order chi connectivity index (χ0) is 22.8. The van der Waals surface area contributed by atoms with Gasteiger partial charge >= 0.3 is 5.97 Å². The predicted octanol–water partition coefficient (Wildman–Crippen LogP) is -2.86. The molecule has 13 heteroatoms. The van der Waals surface area contributed by atoms with Crippen LogP contribution in [0, 0.1) is 0 Å². The molecule has 2 heterocycles. The Labute approximate surface area is 177 Å². The summed E-state index contributed by atoms with van der Waals surface area (Å²) in [5, 5.41) is 19.5. The minimum Gasteiger partial charge on any atom is -0.480 e. The van der Waals surface area contributed by atoms with Crippen LogP contribution in [-0.2, 0) is 30.4 Å². The van der Waals surface area contributed by atoms with Crippen molar-refractivity contribution in [3.63, 3.8) is 0 Å². The number of carbonyl (C=O) groups excluding carboxylic acids is 4. The van der Waals surface area contributed by atoms with Crippen molar-refractivity contribution in [1.82, 2.24) is 31.2 Å². The molecule has 170 valence electrons. The molecule has 1 aliphatic rings. The van der Waals surface area contributed by atoms with Gasteiger partial charge in [-0.2, -0.15) is 0 Å². The summed E-state index contributed by atoms with van der Waals surface area (Å²) in [5.41, 5.74) is 5.61.